The zero-order chi connectivity index (χ0) is 18.8. The summed E-state index contributed by atoms with van der Waals surface area (Å²) in [5.41, 5.74) is 4.38. The van der Waals surface area contributed by atoms with Crippen LogP contribution in [-0.2, 0) is 4.74 Å². The zero-order valence-electron chi connectivity index (χ0n) is 15.7. The van der Waals surface area contributed by atoms with Gasteiger partial charge in [0.25, 0.3) is 0 Å². The maximum Gasteiger partial charge on any atom is 0.231 e. The van der Waals surface area contributed by atoms with Crippen LogP contribution in [0.1, 0.15) is 18.7 Å². The lowest BCUT2D eigenvalue weighted by Gasteiger charge is -2.38. The van der Waals surface area contributed by atoms with Crippen LogP contribution in [0.15, 0.2) is 36.4 Å². The highest BCUT2D eigenvalue weighted by molar-refractivity contribution is 6.05. The van der Waals surface area contributed by atoms with E-state index >= 15 is 0 Å². The van der Waals surface area contributed by atoms with Crippen molar-refractivity contribution in [1.29, 1.82) is 0 Å². The summed E-state index contributed by atoms with van der Waals surface area (Å²) < 4.78 is 28.8. The lowest BCUT2D eigenvalue weighted by molar-refractivity contribution is 0.0605. The number of hydrogen-bond donors (Lipinski definition) is 0. The number of rotatable bonds is 2. The highest BCUT2D eigenvalue weighted by Gasteiger charge is 2.36. The van der Waals surface area contributed by atoms with E-state index in [1.54, 1.807) is 0 Å². The monoisotopic (exact) mass is 377 g/mol. The lowest BCUT2D eigenvalue weighted by atomic mass is 9.88. The molecule has 0 amide bonds. The number of hydrogen-bond acceptors (Lipinski definition) is 6. The van der Waals surface area contributed by atoms with E-state index in [-0.39, 0.29) is 19.8 Å². The molecule has 142 valence electrons. The summed E-state index contributed by atoms with van der Waals surface area (Å²) in [6.45, 7) is 3.09. The quantitative estimate of drug-likeness (QED) is 0.658. The Hall–Kier alpha value is -3.12. The third kappa shape index (κ3) is 2.01. The van der Waals surface area contributed by atoms with E-state index in [2.05, 4.69) is 36.2 Å². The second kappa shape index (κ2) is 5.69. The summed E-state index contributed by atoms with van der Waals surface area (Å²) in [7, 11) is 2.06. The molecule has 1 atom stereocenters. The standard InChI is InChI=1S/C22H19NO5/c1-3-24-22-19-13(6-7-16-21(19)28-11-25-16)14-5-4-12-8-17-18(27-10-26-17)9-15(12)20(14)23(22)2/h4-9,22H,3,10-11H2,1-2H3/t22-/m1/s1. The summed E-state index contributed by atoms with van der Waals surface area (Å²) in [6.07, 6.45) is -0.264. The summed E-state index contributed by atoms with van der Waals surface area (Å²) in [5.74, 6) is 3.11. The van der Waals surface area contributed by atoms with Gasteiger partial charge in [-0.15, -0.1) is 0 Å². The molecule has 28 heavy (non-hydrogen) atoms. The Balaban J connectivity index is 1.66. The van der Waals surface area contributed by atoms with Crippen LogP contribution in [0.4, 0.5) is 5.69 Å². The van der Waals surface area contributed by atoms with Gasteiger partial charge in [-0.05, 0) is 42.1 Å². The van der Waals surface area contributed by atoms with E-state index in [9.17, 15) is 0 Å². The Labute approximate surface area is 162 Å². The molecule has 0 unspecified atom stereocenters. The first-order chi connectivity index (χ1) is 13.8. The van der Waals surface area contributed by atoms with Crippen LogP contribution in [0.2, 0.25) is 0 Å². The third-order valence-corrected chi connectivity index (χ3v) is 5.63. The van der Waals surface area contributed by atoms with E-state index in [0.29, 0.717) is 6.61 Å². The largest absolute Gasteiger partial charge is 0.454 e. The van der Waals surface area contributed by atoms with Crippen molar-refractivity contribution in [2.75, 3.05) is 32.1 Å². The second-order valence-corrected chi connectivity index (χ2v) is 7.07. The minimum Gasteiger partial charge on any atom is -0.454 e. The summed E-state index contributed by atoms with van der Waals surface area (Å²) >= 11 is 0. The van der Waals surface area contributed by atoms with Gasteiger partial charge in [0.15, 0.2) is 29.2 Å². The van der Waals surface area contributed by atoms with Crippen molar-refractivity contribution in [3.63, 3.8) is 0 Å². The number of ether oxygens (including phenoxy) is 5. The fourth-order valence-electron chi connectivity index (χ4n) is 4.43. The molecular formula is C22H19NO5. The first kappa shape index (κ1) is 15.9. The van der Waals surface area contributed by atoms with Crippen molar-refractivity contribution in [2.45, 2.75) is 13.2 Å². The van der Waals surface area contributed by atoms with Gasteiger partial charge >= 0.3 is 0 Å². The Morgan fingerprint density at radius 3 is 2.54 bits per heavy atom. The molecule has 0 N–H and O–H groups in total. The maximum atomic E-state index is 6.18. The molecule has 0 bridgehead atoms. The van der Waals surface area contributed by atoms with Gasteiger partial charge in [0.05, 0.1) is 11.3 Å². The molecule has 6 rings (SSSR count). The summed E-state index contributed by atoms with van der Waals surface area (Å²) in [5, 5.41) is 2.21. The van der Waals surface area contributed by atoms with Gasteiger partial charge in [-0.1, -0.05) is 12.1 Å². The molecular weight excluding hydrogens is 358 g/mol. The molecule has 3 aromatic rings. The van der Waals surface area contributed by atoms with Crippen LogP contribution in [0.3, 0.4) is 0 Å². The topological polar surface area (TPSA) is 49.4 Å². The number of fused-ring (bicyclic) bond motifs is 8. The summed E-state index contributed by atoms with van der Waals surface area (Å²) in [4.78, 5) is 2.17. The minimum atomic E-state index is -0.264. The van der Waals surface area contributed by atoms with E-state index in [1.807, 2.05) is 19.1 Å². The maximum absolute atomic E-state index is 6.18. The zero-order valence-corrected chi connectivity index (χ0v) is 15.7. The lowest BCUT2D eigenvalue weighted by Crippen LogP contribution is -2.31. The van der Waals surface area contributed by atoms with Crippen LogP contribution in [0.5, 0.6) is 23.0 Å². The average Bonchev–Trinajstić information content (AvgIpc) is 3.36. The second-order valence-electron chi connectivity index (χ2n) is 7.07. The molecule has 3 aliphatic rings. The van der Waals surface area contributed by atoms with Gasteiger partial charge in [-0.25, -0.2) is 0 Å². The van der Waals surface area contributed by atoms with Gasteiger partial charge < -0.3 is 28.6 Å². The predicted molar refractivity (Wildman–Crippen MR) is 104 cm³/mol. The summed E-state index contributed by atoms with van der Waals surface area (Å²) in [6, 6.07) is 12.5. The normalized spacial score (nSPS) is 18.4. The van der Waals surface area contributed by atoms with Gasteiger partial charge in [0, 0.05) is 24.6 Å². The van der Waals surface area contributed by atoms with Crippen LogP contribution < -0.4 is 23.8 Å². The van der Waals surface area contributed by atoms with E-state index < -0.39 is 0 Å². The van der Waals surface area contributed by atoms with Crippen LogP contribution >= 0.6 is 0 Å². The number of anilines is 1. The van der Waals surface area contributed by atoms with Gasteiger partial charge in [-0.2, -0.15) is 0 Å². The highest BCUT2D eigenvalue weighted by atomic mass is 16.7. The highest BCUT2D eigenvalue weighted by Crippen LogP contribution is 2.54. The fourth-order valence-corrected chi connectivity index (χ4v) is 4.43. The Bertz CT molecular complexity index is 1130. The van der Waals surface area contributed by atoms with Gasteiger partial charge in [0.1, 0.15) is 0 Å². The molecule has 3 aliphatic heterocycles. The molecule has 3 aromatic carbocycles. The SMILES string of the molecule is CCO[C@@H]1c2c(ccc3c2OCO3)-c2ccc3cc4c(cc3c2N1C)OCO4. The molecule has 3 heterocycles. The Morgan fingerprint density at radius 1 is 0.929 bits per heavy atom. The predicted octanol–water partition coefficient (Wildman–Crippen LogP) is 4.45. The van der Waals surface area contributed by atoms with Crippen LogP contribution in [0, 0.1) is 0 Å². The van der Waals surface area contributed by atoms with Crippen molar-refractivity contribution in [3.8, 4) is 34.1 Å². The van der Waals surface area contributed by atoms with Crippen molar-refractivity contribution in [2.24, 2.45) is 0 Å². The van der Waals surface area contributed by atoms with Crippen molar-refractivity contribution >= 4 is 16.5 Å². The molecule has 0 spiro atoms. The molecule has 0 saturated carbocycles. The molecule has 0 aromatic heterocycles. The van der Waals surface area contributed by atoms with Crippen LogP contribution in [-0.4, -0.2) is 27.2 Å². The fraction of sp³-hybridized carbons (Fsp3) is 0.273. The molecule has 0 aliphatic carbocycles. The van der Waals surface area contributed by atoms with E-state index in [1.165, 1.54) is 0 Å². The minimum absolute atomic E-state index is 0.238. The molecule has 0 saturated heterocycles. The van der Waals surface area contributed by atoms with Crippen molar-refractivity contribution < 1.29 is 23.7 Å². The third-order valence-electron chi connectivity index (χ3n) is 5.63. The Kier molecular flexibility index (Phi) is 3.23. The van der Waals surface area contributed by atoms with Crippen molar-refractivity contribution in [1.82, 2.24) is 0 Å². The molecule has 6 nitrogen and oxygen atoms in total. The first-order valence-corrected chi connectivity index (χ1v) is 9.40. The molecule has 0 radical (unpaired) electrons. The molecule has 6 heteroatoms. The van der Waals surface area contributed by atoms with Gasteiger partial charge in [0.2, 0.25) is 13.6 Å². The number of nitrogens with zero attached hydrogens (tertiary/aromatic N) is 1. The van der Waals surface area contributed by atoms with E-state index in [0.717, 1.165) is 56.1 Å². The average molecular weight is 377 g/mol. The van der Waals surface area contributed by atoms with Crippen LogP contribution in [0.25, 0.3) is 21.9 Å². The smallest absolute Gasteiger partial charge is 0.231 e. The number of benzene rings is 3. The first-order valence-electron chi connectivity index (χ1n) is 9.40. The van der Waals surface area contributed by atoms with Gasteiger partial charge in [-0.3, -0.25) is 0 Å². The van der Waals surface area contributed by atoms with E-state index in [4.69, 9.17) is 23.7 Å². The molecule has 0 fully saturated rings. The van der Waals surface area contributed by atoms with Crippen molar-refractivity contribution in [3.05, 3.63) is 42.0 Å². The Morgan fingerprint density at radius 2 is 1.68 bits per heavy atom.